The Labute approximate surface area is 78.0 Å². The van der Waals surface area contributed by atoms with E-state index in [9.17, 15) is 14.7 Å². The van der Waals surface area contributed by atoms with E-state index in [1.54, 1.807) is 0 Å². The van der Waals surface area contributed by atoms with E-state index in [0.717, 1.165) is 0 Å². The Morgan fingerprint density at radius 3 is 2.93 bits per heavy atom. The first-order valence-electron chi connectivity index (χ1n) is 3.87. The monoisotopic (exact) mass is 189 g/mol. The summed E-state index contributed by atoms with van der Waals surface area (Å²) < 4.78 is 0. The third-order valence-electron chi connectivity index (χ3n) is 1.88. The van der Waals surface area contributed by atoms with Crippen molar-refractivity contribution in [2.45, 2.75) is 0 Å². The number of aromatic carboxylic acids is 1. The highest BCUT2D eigenvalue weighted by atomic mass is 16.4. The van der Waals surface area contributed by atoms with Gasteiger partial charge in [0.1, 0.15) is 0 Å². The van der Waals surface area contributed by atoms with Crippen molar-refractivity contribution in [1.29, 1.82) is 0 Å². The van der Waals surface area contributed by atoms with Crippen LogP contribution in [0, 0.1) is 0 Å². The molecule has 0 unspecified atom stereocenters. The molecule has 0 aliphatic carbocycles. The Bertz CT molecular complexity index is 559. The minimum atomic E-state index is -1.31. The highest BCUT2D eigenvalue weighted by molar-refractivity contribution is 5.91. The van der Waals surface area contributed by atoms with Crippen LogP contribution in [0.2, 0.25) is 0 Å². The van der Waals surface area contributed by atoms with Gasteiger partial charge in [-0.15, -0.1) is 0 Å². The summed E-state index contributed by atoms with van der Waals surface area (Å²) in [5.74, 6) is -1.31. The smallest absolute Gasteiger partial charge is 0.258 e. The summed E-state index contributed by atoms with van der Waals surface area (Å²) in [5, 5.41) is 10.8. The fraction of sp³-hybridized carbons (Fsp3) is 0. The van der Waals surface area contributed by atoms with Crippen LogP contribution in [0.1, 0.15) is 10.4 Å². The molecule has 5 nitrogen and oxygen atoms in total. The van der Waals surface area contributed by atoms with Gasteiger partial charge in [0, 0.05) is 0 Å². The lowest BCUT2D eigenvalue weighted by molar-refractivity contribution is -0.255. The first kappa shape index (κ1) is 8.43. The summed E-state index contributed by atoms with van der Waals surface area (Å²) in [4.78, 5) is 28.0. The quantitative estimate of drug-likeness (QED) is 0.641. The number of carbonyl (C=O) groups excluding carboxylic acids is 1. The summed E-state index contributed by atoms with van der Waals surface area (Å²) in [6.07, 6.45) is 1.27. The average molecular weight is 189 g/mol. The van der Waals surface area contributed by atoms with Crippen LogP contribution in [0.3, 0.4) is 0 Å². The maximum absolute atomic E-state index is 11.2. The van der Waals surface area contributed by atoms with Crippen molar-refractivity contribution < 1.29 is 9.90 Å². The van der Waals surface area contributed by atoms with Crippen LogP contribution in [0.25, 0.3) is 10.9 Å². The van der Waals surface area contributed by atoms with Gasteiger partial charge in [-0.1, -0.05) is 6.07 Å². The molecule has 0 aliphatic heterocycles. The molecule has 0 spiro atoms. The normalized spacial score (nSPS) is 10.3. The van der Waals surface area contributed by atoms with E-state index < -0.39 is 5.97 Å². The van der Waals surface area contributed by atoms with Gasteiger partial charge in [-0.25, -0.2) is 4.98 Å². The lowest BCUT2D eigenvalue weighted by Crippen LogP contribution is -2.22. The lowest BCUT2D eigenvalue weighted by atomic mass is 10.1. The SMILES string of the molecule is O=C([O-])c1ccc2nc[nH]c(=O)c2c1. The molecule has 2 aromatic rings. The fourth-order valence-electron chi connectivity index (χ4n) is 1.20. The topological polar surface area (TPSA) is 85.9 Å². The summed E-state index contributed by atoms with van der Waals surface area (Å²) >= 11 is 0. The Morgan fingerprint density at radius 1 is 1.43 bits per heavy atom. The van der Waals surface area contributed by atoms with E-state index in [1.807, 2.05) is 0 Å². The van der Waals surface area contributed by atoms with Crippen molar-refractivity contribution in [2.75, 3.05) is 0 Å². The number of carboxylic acids is 1. The highest BCUT2D eigenvalue weighted by Gasteiger charge is 2.00. The summed E-state index contributed by atoms with van der Waals surface area (Å²) in [6.45, 7) is 0. The first-order valence-corrected chi connectivity index (χ1v) is 3.87. The van der Waals surface area contributed by atoms with Gasteiger partial charge < -0.3 is 14.9 Å². The molecule has 0 saturated carbocycles. The van der Waals surface area contributed by atoms with Gasteiger partial charge in [-0.05, 0) is 17.7 Å². The third kappa shape index (κ3) is 1.24. The van der Waals surface area contributed by atoms with E-state index in [2.05, 4.69) is 9.97 Å². The van der Waals surface area contributed by atoms with Crippen LogP contribution in [-0.4, -0.2) is 15.9 Å². The molecule has 0 fully saturated rings. The number of carbonyl (C=O) groups is 1. The number of hydrogen-bond acceptors (Lipinski definition) is 4. The number of nitrogens with zero attached hydrogens (tertiary/aromatic N) is 1. The Morgan fingerprint density at radius 2 is 2.21 bits per heavy atom. The van der Waals surface area contributed by atoms with Crippen molar-refractivity contribution in [3.8, 4) is 0 Å². The third-order valence-corrected chi connectivity index (χ3v) is 1.88. The number of aromatic amines is 1. The van der Waals surface area contributed by atoms with Gasteiger partial charge in [0.15, 0.2) is 0 Å². The molecule has 0 aliphatic rings. The lowest BCUT2D eigenvalue weighted by Gasteiger charge is -2.02. The largest absolute Gasteiger partial charge is 0.545 e. The highest BCUT2D eigenvalue weighted by Crippen LogP contribution is 2.08. The van der Waals surface area contributed by atoms with Crippen molar-refractivity contribution in [3.05, 3.63) is 40.4 Å². The molecule has 1 heterocycles. The predicted molar refractivity (Wildman–Crippen MR) is 46.7 cm³/mol. The van der Waals surface area contributed by atoms with Crippen LogP contribution in [-0.2, 0) is 0 Å². The van der Waals surface area contributed by atoms with Crippen molar-refractivity contribution in [1.82, 2.24) is 9.97 Å². The van der Waals surface area contributed by atoms with Crippen LogP contribution in [0.5, 0.6) is 0 Å². The number of rotatable bonds is 1. The van der Waals surface area contributed by atoms with E-state index in [-0.39, 0.29) is 16.5 Å². The molecule has 2 rings (SSSR count). The van der Waals surface area contributed by atoms with Gasteiger partial charge in [0.2, 0.25) is 0 Å². The van der Waals surface area contributed by atoms with Crippen molar-refractivity contribution >= 4 is 16.9 Å². The molecule has 1 N–H and O–H groups in total. The van der Waals surface area contributed by atoms with E-state index in [4.69, 9.17) is 0 Å². The average Bonchev–Trinajstić information content (AvgIpc) is 2.18. The number of benzene rings is 1. The number of nitrogens with one attached hydrogen (secondary N) is 1. The molecule has 5 heteroatoms. The first-order chi connectivity index (χ1) is 6.68. The zero-order chi connectivity index (χ0) is 10.1. The summed E-state index contributed by atoms with van der Waals surface area (Å²) in [6, 6.07) is 4.07. The maximum atomic E-state index is 11.2. The van der Waals surface area contributed by atoms with Gasteiger partial charge in [0.05, 0.1) is 23.2 Å². The number of H-pyrrole nitrogens is 1. The molecule has 0 radical (unpaired) electrons. The van der Waals surface area contributed by atoms with Crippen LogP contribution in [0.15, 0.2) is 29.3 Å². The fourth-order valence-corrected chi connectivity index (χ4v) is 1.20. The standard InChI is InChI=1S/C9H6N2O3/c12-8-6-3-5(9(13)14)1-2-7(6)10-4-11-8/h1-4H,(H,13,14)(H,10,11,12)/p-1. The van der Waals surface area contributed by atoms with Crippen LogP contribution >= 0.6 is 0 Å². The molecule has 70 valence electrons. The Hall–Kier alpha value is -2.17. The summed E-state index contributed by atoms with van der Waals surface area (Å²) in [7, 11) is 0. The zero-order valence-electron chi connectivity index (χ0n) is 6.98. The second-order valence-corrected chi connectivity index (χ2v) is 2.75. The molecule has 0 saturated heterocycles. The molecule has 0 atom stereocenters. The Balaban J connectivity index is 2.83. The molecule has 0 amide bonds. The van der Waals surface area contributed by atoms with Gasteiger partial charge in [-0.2, -0.15) is 0 Å². The second kappa shape index (κ2) is 2.95. The molecule has 1 aromatic carbocycles. The number of carboxylic acid groups (broad SMARTS) is 1. The minimum absolute atomic E-state index is 0.0315. The van der Waals surface area contributed by atoms with Gasteiger partial charge in [0.25, 0.3) is 5.56 Å². The van der Waals surface area contributed by atoms with E-state index in [0.29, 0.717) is 5.52 Å². The van der Waals surface area contributed by atoms with E-state index >= 15 is 0 Å². The molecule has 14 heavy (non-hydrogen) atoms. The second-order valence-electron chi connectivity index (χ2n) is 2.75. The number of aromatic nitrogens is 2. The zero-order valence-corrected chi connectivity index (χ0v) is 6.98. The maximum Gasteiger partial charge on any atom is 0.258 e. The molecule has 0 bridgehead atoms. The van der Waals surface area contributed by atoms with Gasteiger partial charge >= 0.3 is 0 Å². The summed E-state index contributed by atoms with van der Waals surface area (Å²) in [5.41, 5.74) is 0.0628. The molecular weight excluding hydrogens is 184 g/mol. The van der Waals surface area contributed by atoms with E-state index in [1.165, 1.54) is 24.5 Å². The Kier molecular flexibility index (Phi) is 1.78. The van der Waals surface area contributed by atoms with Gasteiger partial charge in [-0.3, -0.25) is 4.79 Å². The molecule has 1 aromatic heterocycles. The number of hydrogen-bond donors (Lipinski definition) is 1. The van der Waals surface area contributed by atoms with Crippen LogP contribution in [0.4, 0.5) is 0 Å². The molecular formula is C9H5N2O3-. The van der Waals surface area contributed by atoms with Crippen molar-refractivity contribution in [3.63, 3.8) is 0 Å². The predicted octanol–water partition coefficient (Wildman–Crippen LogP) is -0.713. The minimum Gasteiger partial charge on any atom is -0.545 e. The van der Waals surface area contributed by atoms with Crippen LogP contribution < -0.4 is 10.7 Å². The van der Waals surface area contributed by atoms with Crippen molar-refractivity contribution in [2.24, 2.45) is 0 Å². The number of fused-ring (bicyclic) bond motifs is 1.